The first-order chi connectivity index (χ1) is 14.7. The number of nitrogens with zero attached hydrogens (tertiary/aromatic N) is 3. The van der Waals surface area contributed by atoms with Crippen molar-refractivity contribution in [2.45, 2.75) is 84.0 Å². The minimum Gasteiger partial charge on any atom is -0.492 e. The van der Waals surface area contributed by atoms with Crippen LogP contribution in [0.1, 0.15) is 95.1 Å². The molecule has 0 amide bonds. The Hall–Kier alpha value is -2.41. The molecule has 0 radical (unpaired) electrons. The van der Waals surface area contributed by atoms with Crippen LogP contribution in [-0.4, -0.2) is 16.6 Å². The summed E-state index contributed by atoms with van der Waals surface area (Å²) < 4.78 is 5.73. The summed E-state index contributed by atoms with van der Waals surface area (Å²) in [7, 11) is 0. The first kappa shape index (κ1) is 22.3. The molecule has 2 aromatic rings. The average molecular weight is 406 g/mol. The van der Waals surface area contributed by atoms with Crippen molar-refractivity contribution in [3.63, 3.8) is 0 Å². The molecule has 30 heavy (non-hydrogen) atoms. The summed E-state index contributed by atoms with van der Waals surface area (Å²) in [5.74, 6) is 2.81. The molecule has 0 aliphatic heterocycles. The van der Waals surface area contributed by atoms with Crippen LogP contribution in [-0.2, 0) is 0 Å². The molecule has 0 saturated heterocycles. The zero-order chi connectivity index (χ0) is 21.2. The van der Waals surface area contributed by atoms with Crippen molar-refractivity contribution in [2.75, 3.05) is 6.61 Å². The van der Waals surface area contributed by atoms with Crippen LogP contribution in [0, 0.1) is 17.2 Å². The molecule has 1 saturated carbocycles. The molecule has 160 valence electrons. The van der Waals surface area contributed by atoms with E-state index in [4.69, 9.17) is 4.74 Å². The van der Waals surface area contributed by atoms with E-state index in [0.717, 1.165) is 24.3 Å². The van der Waals surface area contributed by atoms with E-state index in [0.29, 0.717) is 29.7 Å². The minimum atomic E-state index is 0.540. The van der Waals surface area contributed by atoms with Gasteiger partial charge in [0.25, 0.3) is 0 Å². The number of aromatic nitrogens is 2. The molecule has 1 aromatic heterocycles. The van der Waals surface area contributed by atoms with E-state index >= 15 is 0 Å². The van der Waals surface area contributed by atoms with Crippen molar-refractivity contribution >= 4 is 0 Å². The molecule has 1 aliphatic rings. The molecule has 1 aromatic carbocycles. The summed E-state index contributed by atoms with van der Waals surface area (Å²) in [6.07, 6.45) is 16.7. The summed E-state index contributed by atoms with van der Waals surface area (Å²) in [6, 6.07) is 7.87. The maximum absolute atomic E-state index is 9.48. The van der Waals surface area contributed by atoms with Crippen molar-refractivity contribution < 1.29 is 4.74 Å². The lowest BCUT2D eigenvalue weighted by molar-refractivity contribution is 0.302. The van der Waals surface area contributed by atoms with E-state index in [2.05, 4.69) is 29.9 Å². The van der Waals surface area contributed by atoms with Gasteiger partial charge < -0.3 is 4.74 Å². The third kappa shape index (κ3) is 6.05. The number of hydrogen-bond donors (Lipinski definition) is 0. The Kier molecular flexibility index (Phi) is 8.68. The van der Waals surface area contributed by atoms with E-state index in [1.165, 1.54) is 56.9 Å². The van der Waals surface area contributed by atoms with Gasteiger partial charge in [-0.05, 0) is 67.7 Å². The van der Waals surface area contributed by atoms with Crippen molar-refractivity contribution in [3.05, 3.63) is 41.7 Å². The van der Waals surface area contributed by atoms with Gasteiger partial charge in [0.1, 0.15) is 11.8 Å². The molecule has 4 nitrogen and oxygen atoms in total. The van der Waals surface area contributed by atoms with Gasteiger partial charge in [-0.1, -0.05) is 46.0 Å². The lowest BCUT2D eigenvalue weighted by Crippen LogP contribution is -2.14. The van der Waals surface area contributed by atoms with Crippen molar-refractivity contribution in [1.29, 1.82) is 5.26 Å². The smallest absolute Gasteiger partial charge is 0.159 e. The standard InChI is InChI=1S/C26H35N3O/c1-3-5-7-8-20-9-11-21(12-10-20)24-18-28-26(29-19-24)22-13-14-25(23(16-22)17-27)30-15-6-4-2/h13-14,16,18-21H,3-12,15H2,1-2H3/t20-,21-. The van der Waals surface area contributed by atoms with Gasteiger partial charge in [0.05, 0.1) is 12.2 Å². The van der Waals surface area contributed by atoms with Crippen LogP contribution in [0.25, 0.3) is 11.4 Å². The summed E-state index contributed by atoms with van der Waals surface area (Å²) in [5, 5.41) is 9.48. The molecule has 1 aliphatic carbocycles. The number of ether oxygens (including phenoxy) is 1. The highest BCUT2D eigenvalue weighted by Crippen LogP contribution is 2.37. The zero-order valence-corrected chi connectivity index (χ0v) is 18.6. The van der Waals surface area contributed by atoms with E-state index in [-0.39, 0.29) is 0 Å². The zero-order valence-electron chi connectivity index (χ0n) is 18.6. The Morgan fingerprint density at radius 2 is 1.73 bits per heavy atom. The second-order valence-corrected chi connectivity index (χ2v) is 8.58. The fraction of sp³-hybridized carbons (Fsp3) is 0.577. The van der Waals surface area contributed by atoms with Crippen LogP contribution in [0.4, 0.5) is 0 Å². The quantitative estimate of drug-likeness (QED) is 0.397. The van der Waals surface area contributed by atoms with Gasteiger partial charge in [-0.15, -0.1) is 0 Å². The average Bonchev–Trinajstić information content (AvgIpc) is 2.80. The fourth-order valence-corrected chi connectivity index (χ4v) is 4.37. The SMILES string of the molecule is CCCCC[C@H]1CC[C@H](c2cnc(-c3ccc(OCCCC)c(C#N)c3)nc2)CC1. The Labute approximate surface area is 181 Å². The second-order valence-electron chi connectivity index (χ2n) is 8.58. The highest BCUT2D eigenvalue weighted by Gasteiger charge is 2.22. The van der Waals surface area contributed by atoms with Crippen molar-refractivity contribution in [3.8, 4) is 23.2 Å². The first-order valence-electron chi connectivity index (χ1n) is 11.7. The van der Waals surface area contributed by atoms with Crippen LogP contribution >= 0.6 is 0 Å². The molecular formula is C26H35N3O. The molecular weight excluding hydrogens is 370 g/mol. The molecule has 0 unspecified atom stereocenters. The number of nitriles is 1. The van der Waals surface area contributed by atoms with Crippen LogP contribution < -0.4 is 4.74 Å². The Balaban J connectivity index is 1.60. The molecule has 1 fully saturated rings. The van der Waals surface area contributed by atoms with Gasteiger partial charge in [-0.3, -0.25) is 0 Å². The Bertz CT molecular complexity index is 817. The third-order valence-corrected chi connectivity index (χ3v) is 6.32. The van der Waals surface area contributed by atoms with Gasteiger partial charge >= 0.3 is 0 Å². The first-order valence-corrected chi connectivity index (χ1v) is 11.7. The fourth-order valence-electron chi connectivity index (χ4n) is 4.37. The van der Waals surface area contributed by atoms with E-state index in [1.54, 1.807) is 0 Å². The van der Waals surface area contributed by atoms with E-state index in [9.17, 15) is 5.26 Å². The summed E-state index contributed by atoms with van der Waals surface area (Å²) in [6.45, 7) is 5.03. The maximum atomic E-state index is 9.48. The molecule has 4 heteroatoms. The lowest BCUT2D eigenvalue weighted by atomic mass is 9.77. The van der Waals surface area contributed by atoms with Crippen molar-refractivity contribution in [2.24, 2.45) is 5.92 Å². The normalized spacial score (nSPS) is 18.7. The van der Waals surface area contributed by atoms with Crippen LogP contribution in [0.2, 0.25) is 0 Å². The third-order valence-electron chi connectivity index (χ3n) is 6.32. The summed E-state index contributed by atoms with van der Waals surface area (Å²) in [5.41, 5.74) is 2.66. The highest BCUT2D eigenvalue weighted by molar-refractivity contribution is 5.61. The second kappa shape index (κ2) is 11.7. The van der Waals surface area contributed by atoms with Gasteiger partial charge in [-0.2, -0.15) is 5.26 Å². The number of hydrogen-bond acceptors (Lipinski definition) is 4. The van der Waals surface area contributed by atoms with Gasteiger partial charge in [0.2, 0.25) is 0 Å². The lowest BCUT2D eigenvalue weighted by Gasteiger charge is -2.28. The summed E-state index contributed by atoms with van der Waals surface area (Å²) >= 11 is 0. The van der Waals surface area contributed by atoms with Crippen LogP contribution in [0.3, 0.4) is 0 Å². The topological polar surface area (TPSA) is 58.8 Å². The van der Waals surface area contributed by atoms with Crippen molar-refractivity contribution in [1.82, 2.24) is 9.97 Å². The molecule has 0 atom stereocenters. The largest absolute Gasteiger partial charge is 0.492 e. The maximum Gasteiger partial charge on any atom is 0.159 e. The summed E-state index contributed by atoms with van der Waals surface area (Å²) in [4.78, 5) is 9.25. The van der Waals surface area contributed by atoms with Crippen LogP contribution in [0.5, 0.6) is 5.75 Å². The molecule has 0 bridgehead atoms. The van der Waals surface area contributed by atoms with Gasteiger partial charge in [0.15, 0.2) is 5.82 Å². The van der Waals surface area contributed by atoms with Crippen LogP contribution in [0.15, 0.2) is 30.6 Å². The van der Waals surface area contributed by atoms with E-state index in [1.807, 2.05) is 30.6 Å². The highest BCUT2D eigenvalue weighted by atomic mass is 16.5. The molecule has 3 rings (SSSR count). The molecule has 0 spiro atoms. The van der Waals surface area contributed by atoms with E-state index < -0.39 is 0 Å². The number of benzene rings is 1. The number of rotatable bonds is 10. The molecule has 1 heterocycles. The molecule has 0 N–H and O–H groups in total. The monoisotopic (exact) mass is 405 g/mol. The Morgan fingerprint density at radius 3 is 2.40 bits per heavy atom. The predicted octanol–water partition coefficient (Wildman–Crippen LogP) is 7.05. The number of unbranched alkanes of at least 4 members (excludes halogenated alkanes) is 3. The van der Waals surface area contributed by atoms with Gasteiger partial charge in [-0.25, -0.2) is 9.97 Å². The predicted molar refractivity (Wildman–Crippen MR) is 121 cm³/mol. The Morgan fingerprint density at radius 1 is 1.00 bits per heavy atom. The minimum absolute atomic E-state index is 0.540. The van der Waals surface area contributed by atoms with Gasteiger partial charge in [0, 0.05) is 18.0 Å².